The zero-order valence-corrected chi connectivity index (χ0v) is 19.0. The van der Waals surface area contributed by atoms with E-state index in [0.717, 1.165) is 38.5 Å². The molecule has 1 unspecified atom stereocenters. The van der Waals surface area contributed by atoms with Gasteiger partial charge in [0.05, 0.1) is 6.61 Å². The van der Waals surface area contributed by atoms with E-state index in [-0.39, 0.29) is 5.97 Å². The number of unbranched alkanes of at least 4 members (excludes halogenated alkanes) is 6. The third kappa shape index (κ3) is 19.5. The lowest BCUT2D eigenvalue weighted by molar-refractivity contribution is -0.145. The van der Waals surface area contributed by atoms with Gasteiger partial charge < -0.3 is 4.74 Å². The van der Waals surface area contributed by atoms with Gasteiger partial charge in [0.25, 0.3) is 0 Å². The van der Waals surface area contributed by atoms with Crippen LogP contribution in [0.15, 0.2) is 36.5 Å². The number of carbonyl (C=O) groups is 1. The molecule has 0 N–H and O–H groups in total. The smallest absolute Gasteiger partial charge is 0.305 e. The van der Waals surface area contributed by atoms with Crippen molar-refractivity contribution >= 4 is 5.97 Å². The van der Waals surface area contributed by atoms with Gasteiger partial charge in [-0.15, -0.1) is 0 Å². The number of esters is 1. The van der Waals surface area contributed by atoms with Crippen LogP contribution in [0.2, 0.25) is 0 Å². The molecule has 0 rings (SSSR count). The Balaban J connectivity index is 3.45. The summed E-state index contributed by atoms with van der Waals surface area (Å²) in [5.74, 6) is 0.543. The summed E-state index contributed by atoms with van der Waals surface area (Å²) < 4.78 is 5.45. The van der Waals surface area contributed by atoms with Crippen LogP contribution in [0.4, 0.5) is 0 Å². The molecule has 0 aliphatic carbocycles. The van der Waals surface area contributed by atoms with Crippen LogP contribution in [0.25, 0.3) is 0 Å². The van der Waals surface area contributed by atoms with Crippen molar-refractivity contribution in [3.63, 3.8) is 0 Å². The standard InChI is InChI=1S/C26H46O2/c1-4-7-9-10-11-12-13-14-15-16-17-18-19-20-21-23-26(27)28-24-25(6-3)22-8-5-2/h7,9,11-12,14-15,25H,4-6,8,10,13,16-24H2,1-3H3. The molecule has 0 saturated carbocycles. The minimum Gasteiger partial charge on any atom is -0.465 e. The van der Waals surface area contributed by atoms with Crippen LogP contribution < -0.4 is 0 Å². The first kappa shape index (κ1) is 26.7. The Morgan fingerprint density at radius 1 is 0.786 bits per heavy atom. The van der Waals surface area contributed by atoms with E-state index in [1.165, 1.54) is 44.9 Å². The quantitative estimate of drug-likeness (QED) is 0.126. The van der Waals surface area contributed by atoms with Gasteiger partial charge in [-0.1, -0.05) is 95.8 Å². The normalized spacial score (nSPS) is 13.1. The van der Waals surface area contributed by atoms with Crippen LogP contribution in [0, 0.1) is 5.92 Å². The molecule has 2 heteroatoms. The van der Waals surface area contributed by atoms with Gasteiger partial charge in [-0.25, -0.2) is 0 Å². The summed E-state index contributed by atoms with van der Waals surface area (Å²) >= 11 is 0. The molecule has 0 fully saturated rings. The largest absolute Gasteiger partial charge is 0.465 e. The summed E-state index contributed by atoms with van der Waals surface area (Å²) in [6.07, 6.45) is 29.0. The van der Waals surface area contributed by atoms with E-state index in [4.69, 9.17) is 4.74 Å². The van der Waals surface area contributed by atoms with Gasteiger partial charge in [0.15, 0.2) is 0 Å². The molecule has 0 spiro atoms. The maximum Gasteiger partial charge on any atom is 0.305 e. The van der Waals surface area contributed by atoms with Gasteiger partial charge in [0.2, 0.25) is 0 Å². The summed E-state index contributed by atoms with van der Waals surface area (Å²) in [7, 11) is 0. The molecule has 0 aromatic heterocycles. The van der Waals surface area contributed by atoms with Crippen molar-refractivity contribution in [1.29, 1.82) is 0 Å². The monoisotopic (exact) mass is 390 g/mol. The maximum atomic E-state index is 11.8. The molecular weight excluding hydrogens is 344 g/mol. The highest BCUT2D eigenvalue weighted by molar-refractivity contribution is 5.69. The van der Waals surface area contributed by atoms with Crippen LogP contribution in [0.5, 0.6) is 0 Å². The molecule has 0 aromatic carbocycles. The molecular formula is C26H46O2. The van der Waals surface area contributed by atoms with Crippen LogP contribution >= 0.6 is 0 Å². The zero-order chi connectivity index (χ0) is 20.7. The van der Waals surface area contributed by atoms with Crippen LogP contribution in [-0.2, 0) is 9.53 Å². The molecule has 162 valence electrons. The zero-order valence-electron chi connectivity index (χ0n) is 19.0. The van der Waals surface area contributed by atoms with Crippen molar-refractivity contribution in [3.8, 4) is 0 Å². The first-order chi connectivity index (χ1) is 13.7. The SMILES string of the molecule is CCC=CCC=CCC=CCCCCCCCC(=O)OCC(CC)CCCC. The Bertz CT molecular complexity index is 420. The minimum atomic E-state index is -0.00359. The number of rotatable bonds is 19. The average Bonchev–Trinajstić information content (AvgIpc) is 2.71. The molecule has 0 aromatic rings. The molecule has 0 amide bonds. The predicted molar refractivity (Wildman–Crippen MR) is 124 cm³/mol. The third-order valence-electron chi connectivity index (χ3n) is 5.06. The summed E-state index contributed by atoms with van der Waals surface area (Å²) in [6, 6.07) is 0. The first-order valence-corrected chi connectivity index (χ1v) is 11.8. The molecule has 2 nitrogen and oxygen atoms in total. The summed E-state index contributed by atoms with van der Waals surface area (Å²) in [4.78, 5) is 11.8. The number of allylic oxidation sites excluding steroid dienone is 6. The Labute approximate surface area is 175 Å². The summed E-state index contributed by atoms with van der Waals surface area (Å²) in [5, 5.41) is 0. The van der Waals surface area contributed by atoms with Crippen LogP contribution in [-0.4, -0.2) is 12.6 Å². The van der Waals surface area contributed by atoms with E-state index in [1.807, 2.05) is 0 Å². The number of carbonyl (C=O) groups excluding carboxylic acids is 1. The maximum absolute atomic E-state index is 11.8. The number of hydrogen-bond acceptors (Lipinski definition) is 2. The Morgan fingerprint density at radius 2 is 1.43 bits per heavy atom. The minimum absolute atomic E-state index is 0.00359. The molecule has 0 saturated heterocycles. The van der Waals surface area contributed by atoms with E-state index in [0.29, 0.717) is 18.9 Å². The Morgan fingerprint density at radius 3 is 2.11 bits per heavy atom. The summed E-state index contributed by atoms with van der Waals surface area (Å²) in [5.41, 5.74) is 0. The van der Waals surface area contributed by atoms with Crippen molar-refractivity contribution < 1.29 is 9.53 Å². The molecule has 0 heterocycles. The lowest BCUT2D eigenvalue weighted by atomic mass is 10.0. The fourth-order valence-electron chi connectivity index (χ4n) is 3.07. The third-order valence-corrected chi connectivity index (χ3v) is 5.06. The van der Waals surface area contributed by atoms with Gasteiger partial charge in [-0.3, -0.25) is 4.79 Å². The second kappa shape index (κ2) is 22.0. The van der Waals surface area contributed by atoms with Crippen LogP contribution in [0.3, 0.4) is 0 Å². The lowest BCUT2D eigenvalue weighted by Crippen LogP contribution is -2.13. The second-order valence-electron chi connectivity index (χ2n) is 7.70. The van der Waals surface area contributed by atoms with Gasteiger partial charge in [0, 0.05) is 6.42 Å². The first-order valence-electron chi connectivity index (χ1n) is 11.8. The fraction of sp³-hybridized carbons (Fsp3) is 0.731. The van der Waals surface area contributed by atoms with Gasteiger partial charge >= 0.3 is 5.97 Å². The van der Waals surface area contributed by atoms with E-state index in [9.17, 15) is 4.79 Å². The average molecular weight is 391 g/mol. The van der Waals surface area contributed by atoms with E-state index >= 15 is 0 Å². The topological polar surface area (TPSA) is 26.3 Å². The second-order valence-corrected chi connectivity index (χ2v) is 7.70. The molecule has 0 aliphatic heterocycles. The molecule has 0 aliphatic rings. The van der Waals surface area contributed by atoms with Crippen molar-refractivity contribution in [2.24, 2.45) is 5.92 Å². The Hall–Kier alpha value is -1.31. The number of ether oxygens (including phenoxy) is 1. The highest BCUT2D eigenvalue weighted by Gasteiger charge is 2.09. The molecule has 0 bridgehead atoms. The number of hydrogen-bond donors (Lipinski definition) is 0. The van der Waals surface area contributed by atoms with E-state index < -0.39 is 0 Å². The van der Waals surface area contributed by atoms with Crippen LogP contribution in [0.1, 0.15) is 111 Å². The lowest BCUT2D eigenvalue weighted by Gasteiger charge is -2.14. The fourth-order valence-corrected chi connectivity index (χ4v) is 3.07. The van der Waals surface area contributed by atoms with Crippen molar-refractivity contribution in [3.05, 3.63) is 36.5 Å². The van der Waals surface area contributed by atoms with Gasteiger partial charge in [0.1, 0.15) is 0 Å². The molecule has 0 radical (unpaired) electrons. The van der Waals surface area contributed by atoms with Gasteiger partial charge in [-0.05, 0) is 50.9 Å². The van der Waals surface area contributed by atoms with Crippen molar-refractivity contribution in [2.75, 3.05) is 6.61 Å². The highest BCUT2D eigenvalue weighted by Crippen LogP contribution is 2.14. The Kier molecular flexibility index (Phi) is 21.0. The molecule has 28 heavy (non-hydrogen) atoms. The molecule has 1 atom stereocenters. The highest BCUT2D eigenvalue weighted by atomic mass is 16.5. The van der Waals surface area contributed by atoms with E-state index in [2.05, 4.69) is 57.2 Å². The van der Waals surface area contributed by atoms with Gasteiger partial charge in [-0.2, -0.15) is 0 Å². The van der Waals surface area contributed by atoms with Crippen molar-refractivity contribution in [2.45, 2.75) is 111 Å². The van der Waals surface area contributed by atoms with E-state index in [1.54, 1.807) is 0 Å². The summed E-state index contributed by atoms with van der Waals surface area (Å²) in [6.45, 7) is 7.17. The predicted octanol–water partition coefficient (Wildman–Crippen LogP) is 8.34. The van der Waals surface area contributed by atoms with Crippen molar-refractivity contribution in [1.82, 2.24) is 0 Å².